The number of anilines is 1. The second-order valence-corrected chi connectivity index (χ2v) is 8.11. The molecule has 0 aliphatic rings. The molecule has 0 aliphatic heterocycles. The van der Waals surface area contributed by atoms with Gasteiger partial charge in [-0.05, 0) is 24.3 Å². The monoisotopic (exact) mass is 410 g/mol. The van der Waals surface area contributed by atoms with E-state index >= 15 is 0 Å². The third kappa shape index (κ3) is 3.78. The summed E-state index contributed by atoms with van der Waals surface area (Å²) in [6, 6.07) is 24.6. The number of aromatic nitrogens is 1. The van der Waals surface area contributed by atoms with Crippen LogP contribution in [0.3, 0.4) is 0 Å². The zero-order chi connectivity index (χ0) is 19.6. The number of rotatable bonds is 5. The van der Waals surface area contributed by atoms with Crippen molar-refractivity contribution < 1.29 is 12.8 Å². The van der Waals surface area contributed by atoms with Crippen molar-refractivity contribution in [2.75, 3.05) is 4.72 Å². The Morgan fingerprint density at radius 2 is 1.36 bits per heavy atom. The summed E-state index contributed by atoms with van der Waals surface area (Å²) in [7, 11) is -3.86. The summed E-state index contributed by atoms with van der Waals surface area (Å²) >= 11 is 5.84. The number of oxazole rings is 1. The van der Waals surface area contributed by atoms with Crippen LogP contribution in [0.5, 0.6) is 0 Å². The van der Waals surface area contributed by atoms with Crippen LogP contribution < -0.4 is 4.72 Å². The first-order valence-corrected chi connectivity index (χ1v) is 10.3. The maximum absolute atomic E-state index is 12.7. The molecule has 7 heteroatoms. The fourth-order valence-electron chi connectivity index (χ4n) is 2.73. The SMILES string of the molecule is O=S(=O)(Nc1nc(-c2ccccc2)c(-c2ccccc2)o1)c1ccc(Cl)cc1. The van der Waals surface area contributed by atoms with Crippen LogP contribution in [-0.2, 0) is 10.0 Å². The maximum atomic E-state index is 12.7. The van der Waals surface area contributed by atoms with E-state index in [4.69, 9.17) is 16.0 Å². The lowest BCUT2D eigenvalue weighted by atomic mass is 10.1. The van der Waals surface area contributed by atoms with Gasteiger partial charge in [-0.25, -0.2) is 13.1 Å². The van der Waals surface area contributed by atoms with E-state index in [1.54, 1.807) is 0 Å². The summed E-state index contributed by atoms with van der Waals surface area (Å²) in [4.78, 5) is 4.47. The van der Waals surface area contributed by atoms with Crippen molar-refractivity contribution in [1.82, 2.24) is 4.98 Å². The van der Waals surface area contributed by atoms with E-state index in [0.717, 1.165) is 11.1 Å². The third-order valence-electron chi connectivity index (χ3n) is 4.06. The van der Waals surface area contributed by atoms with E-state index in [2.05, 4.69) is 9.71 Å². The molecule has 0 radical (unpaired) electrons. The van der Waals surface area contributed by atoms with Crippen LogP contribution in [0, 0.1) is 0 Å². The number of benzene rings is 3. The van der Waals surface area contributed by atoms with Crippen LogP contribution >= 0.6 is 11.6 Å². The summed E-state index contributed by atoms with van der Waals surface area (Å²) < 4.78 is 33.5. The van der Waals surface area contributed by atoms with Gasteiger partial charge in [0.05, 0.1) is 4.90 Å². The molecule has 0 saturated carbocycles. The first-order valence-electron chi connectivity index (χ1n) is 8.43. The summed E-state index contributed by atoms with van der Waals surface area (Å²) in [5.74, 6) is 0.487. The topological polar surface area (TPSA) is 72.2 Å². The highest BCUT2D eigenvalue weighted by Gasteiger charge is 2.21. The molecule has 0 saturated heterocycles. The van der Waals surface area contributed by atoms with E-state index in [-0.39, 0.29) is 10.9 Å². The predicted octanol–water partition coefficient (Wildman–Crippen LogP) is 5.46. The van der Waals surface area contributed by atoms with Crippen LogP contribution in [0.25, 0.3) is 22.6 Å². The van der Waals surface area contributed by atoms with Gasteiger partial charge in [-0.2, -0.15) is 4.98 Å². The molecule has 0 amide bonds. The van der Waals surface area contributed by atoms with Gasteiger partial charge in [0.15, 0.2) is 5.76 Å². The Bertz CT molecular complexity index is 1130. The van der Waals surface area contributed by atoms with Gasteiger partial charge in [0.2, 0.25) is 0 Å². The molecule has 0 atom stereocenters. The lowest BCUT2D eigenvalue weighted by Gasteiger charge is -2.04. The second-order valence-electron chi connectivity index (χ2n) is 5.99. The molecule has 3 aromatic carbocycles. The molecule has 28 heavy (non-hydrogen) atoms. The van der Waals surface area contributed by atoms with Crippen molar-refractivity contribution in [1.29, 1.82) is 0 Å². The van der Waals surface area contributed by atoms with Crippen molar-refractivity contribution >= 4 is 27.6 Å². The van der Waals surface area contributed by atoms with Crippen LogP contribution in [0.15, 0.2) is 94.2 Å². The second kappa shape index (κ2) is 7.50. The summed E-state index contributed by atoms with van der Waals surface area (Å²) in [6.07, 6.45) is 0. The highest BCUT2D eigenvalue weighted by atomic mass is 35.5. The van der Waals surface area contributed by atoms with Crippen molar-refractivity contribution in [3.8, 4) is 22.6 Å². The Labute approximate surface area is 167 Å². The zero-order valence-corrected chi connectivity index (χ0v) is 16.1. The van der Waals surface area contributed by atoms with Gasteiger partial charge >= 0.3 is 6.01 Å². The van der Waals surface area contributed by atoms with Gasteiger partial charge in [0.25, 0.3) is 10.0 Å². The normalized spacial score (nSPS) is 11.3. The van der Waals surface area contributed by atoms with E-state index in [1.807, 2.05) is 60.7 Å². The van der Waals surface area contributed by atoms with Crippen LogP contribution in [-0.4, -0.2) is 13.4 Å². The molecule has 5 nitrogen and oxygen atoms in total. The van der Waals surface area contributed by atoms with E-state index in [0.29, 0.717) is 16.5 Å². The first-order chi connectivity index (χ1) is 13.5. The number of hydrogen-bond acceptors (Lipinski definition) is 4. The standard InChI is InChI=1S/C21H15ClN2O3S/c22-17-11-13-18(14-12-17)28(25,26)24-21-23-19(15-7-3-1-4-8-15)20(27-21)16-9-5-2-6-10-16/h1-14H,(H,23,24). The molecule has 0 spiro atoms. The van der Waals surface area contributed by atoms with Crippen molar-refractivity contribution in [2.45, 2.75) is 4.90 Å². The van der Waals surface area contributed by atoms with Crippen molar-refractivity contribution in [3.63, 3.8) is 0 Å². The number of nitrogens with one attached hydrogen (secondary N) is 1. The molecule has 4 aromatic rings. The minimum absolute atomic E-state index is 0.0672. The number of sulfonamides is 1. The van der Waals surface area contributed by atoms with E-state index in [9.17, 15) is 8.42 Å². The Hall–Kier alpha value is -3.09. The highest BCUT2D eigenvalue weighted by molar-refractivity contribution is 7.92. The number of nitrogens with zero attached hydrogens (tertiary/aromatic N) is 1. The fourth-order valence-corrected chi connectivity index (χ4v) is 3.78. The minimum Gasteiger partial charge on any atom is -0.422 e. The number of halogens is 1. The van der Waals surface area contributed by atoms with Gasteiger partial charge in [0, 0.05) is 16.1 Å². The van der Waals surface area contributed by atoms with Crippen LogP contribution in [0.2, 0.25) is 5.02 Å². The van der Waals surface area contributed by atoms with E-state index in [1.165, 1.54) is 24.3 Å². The van der Waals surface area contributed by atoms with Gasteiger partial charge in [-0.15, -0.1) is 0 Å². The smallest absolute Gasteiger partial charge is 0.310 e. The highest BCUT2D eigenvalue weighted by Crippen LogP contribution is 2.34. The molecule has 4 rings (SSSR count). The average molecular weight is 411 g/mol. The lowest BCUT2D eigenvalue weighted by molar-refractivity contribution is 0.580. The van der Waals surface area contributed by atoms with Gasteiger partial charge in [-0.3, -0.25) is 0 Å². The molecule has 1 aromatic heterocycles. The lowest BCUT2D eigenvalue weighted by Crippen LogP contribution is -2.13. The molecular weight excluding hydrogens is 396 g/mol. The van der Waals surface area contributed by atoms with Gasteiger partial charge in [0.1, 0.15) is 5.69 Å². The molecule has 0 aliphatic carbocycles. The predicted molar refractivity (Wildman–Crippen MR) is 110 cm³/mol. The third-order valence-corrected chi connectivity index (χ3v) is 5.64. The Balaban J connectivity index is 1.76. The molecule has 0 bridgehead atoms. The van der Waals surface area contributed by atoms with Gasteiger partial charge < -0.3 is 4.42 Å². The molecule has 140 valence electrons. The van der Waals surface area contributed by atoms with Crippen LogP contribution in [0.1, 0.15) is 0 Å². The Morgan fingerprint density at radius 3 is 1.96 bits per heavy atom. The molecule has 1 heterocycles. The first kappa shape index (κ1) is 18.3. The number of hydrogen-bond donors (Lipinski definition) is 1. The molecular formula is C21H15ClN2O3S. The van der Waals surface area contributed by atoms with Crippen LogP contribution in [0.4, 0.5) is 6.01 Å². The zero-order valence-electron chi connectivity index (χ0n) is 14.5. The molecule has 0 fully saturated rings. The summed E-state index contributed by atoms with van der Waals surface area (Å²) in [5.41, 5.74) is 2.17. The summed E-state index contributed by atoms with van der Waals surface area (Å²) in [5, 5.41) is 0.452. The maximum Gasteiger partial charge on any atom is 0.310 e. The molecule has 0 unspecified atom stereocenters. The summed E-state index contributed by atoms with van der Waals surface area (Å²) in [6.45, 7) is 0. The fraction of sp³-hybridized carbons (Fsp3) is 0. The minimum atomic E-state index is -3.86. The molecule has 1 N–H and O–H groups in total. The Morgan fingerprint density at radius 1 is 0.786 bits per heavy atom. The largest absolute Gasteiger partial charge is 0.422 e. The quantitative estimate of drug-likeness (QED) is 0.474. The van der Waals surface area contributed by atoms with Gasteiger partial charge in [-0.1, -0.05) is 72.3 Å². The van der Waals surface area contributed by atoms with Crippen molar-refractivity contribution in [2.24, 2.45) is 0 Å². The average Bonchev–Trinajstić information content (AvgIpc) is 3.13. The van der Waals surface area contributed by atoms with Crippen molar-refractivity contribution in [3.05, 3.63) is 90.0 Å². The Kier molecular flexibility index (Phi) is 4.90. The van der Waals surface area contributed by atoms with E-state index < -0.39 is 10.0 Å².